The molecule has 1 amide bonds. The summed E-state index contributed by atoms with van der Waals surface area (Å²) in [6.45, 7) is 3.08. The van der Waals surface area contributed by atoms with Crippen LogP contribution in [0.4, 0.5) is 5.82 Å². The van der Waals surface area contributed by atoms with E-state index in [1.807, 2.05) is 6.92 Å². The summed E-state index contributed by atoms with van der Waals surface area (Å²) in [5, 5.41) is 10.4. The smallest absolute Gasteiger partial charge is 0.251 e. The van der Waals surface area contributed by atoms with Crippen LogP contribution in [0.2, 0.25) is 0 Å². The number of nitrogens with one attached hydrogen (secondary N) is 2. The van der Waals surface area contributed by atoms with Gasteiger partial charge in [0, 0.05) is 30.5 Å². The summed E-state index contributed by atoms with van der Waals surface area (Å²) in [6, 6.07) is 3.33. The van der Waals surface area contributed by atoms with Crippen LogP contribution < -0.4 is 16.6 Å². The molecule has 0 radical (unpaired) electrons. The lowest BCUT2D eigenvalue weighted by atomic mass is 10.2. The van der Waals surface area contributed by atoms with E-state index in [2.05, 4.69) is 26.0 Å². The number of nitrogens with two attached hydrogens (primary N) is 1. The van der Waals surface area contributed by atoms with Crippen LogP contribution >= 0.6 is 0 Å². The number of hydrogen-bond acceptors (Lipinski definition) is 6. The lowest BCUT2D eigenvalue weighted by molar-refractivity contribution is 0.0952. The van der Waals surface area contributed by atoms with Crippen molar-refractivity contribution in [1.82, 2.24) is 25.3 Å². The van der Waals surface area contributed by atoms with Gasteiger partial charge in [-0.1, -0.05) is 5.21 Å². The molecule has 8 heteroatoms. The molecule has 0 saturated carbocycles. The molecule has 0 unspecified atom stereocenters. The van der Waals surface area contributed by atoms with Crippen LogP contribution in [0.1, 0.15) is 22.5 Å². The molecular formula is C12H17N7O. The number of pyridine rings is 1. The van der Waals surface area contributed by atoms with E-state index < -0.39 is 0 Å². The summed E-state index contributed by atoms with van der Waals surface area (Å²) in [5.41, 5.74) is 3.70. The number of aryl methyl sites for hydroxylation is 2. The molecule has 20 heavy (non-hydrogen) atoms. The monoisotopic (exact) mass is 275 g/mol. The number of hydrazine groups is 1. The minimum atomic E-state index is -0.148. The first-order valence-electron chi connectivity index (χ1n) is 6.26. The predicted octanol–water partition coefficient (Wildman–Crippen LogP) is 0.0872. The molecule has 2 rings (SSSR count). The summed E-state index contributed by atoms with van der Waals surface area (Å²) in [7, 11) is 0. The fraction of sp³-hybridized carbons (Fsp3) is 0.333. The van der Waals surface area contributed by atoms with Gasteiger partial charge in [-0.25, -0.2) is 10.8 Å². The molecule has 0 saturated heterocycles. The third kappa shape index (κ3) is 3.75. The molecular weight excluding hydrogens is 258 g/mol. The number of amides is 1. The summed E-state index contributed by atoms with van der Waals surface area (Å²) >= 11 is 0. The van der Waals surface area contributed by atoms with Gasteiger partial charge in [-0.05, 0) is 25.5 Å². The number of nitrogens with zero attached hydrogens (tertiary/aromatic N) is 4. The topological polar surface area (TPSA) is 111 Å². The van der Waals surface area contributed by atoms with E-state index in [-0.39, 0.29) is 5.91 Å². The number of carbonyl (C=O) groups is 1. The summed E-state index contributed by atoms with van der Waals surface area (Å²) in [6.07, 6.45) is 4.19. The van der Waals surface area contributed by atoms with Gasteiger partial charge in [0.1, 0.15) is 5.82 Å². The van der Waals surface area contributed by atoms with E-state index in [1.165, 1.54) is 0 Å². The Kier molecular flexibility index (Phi) is 4.61. The highest BCUT2D eigenvalue weighted by Gasteiger charge is 2.07. The first-order chi connectivity index (χ1) is 9.69. The van der Waals surface area contributed by atoms with Gasteiger partial charge in [0.05, 0.1) is 6.20 Å². The molecule has 0 aliphatic carbocycles. The second-order valence-electron chi connectivity index (χ2n) is 4.30. The number of hydrogen-bond donors (Lipinski definition) is 3. The number of anilines is 1. The van der Waals surface area contributed by atoms with E-state index in [4.69, 9.17) is 5.84 Å². The Morgan fingerprint density at radius 2 is 2.30 bits per heavy atom. The number of rotatable bonds is 6. The van der Waals surface area contributed by atoms with Crippen molar-refractivity contribution >= 4 is 11.7 Å². The highest BCUT2D eigenvalue weighted by molar-refractivity contribution is 5.94. The van der Waals surface area contributed by atoms with Crippen LogP contribution in [0.15, 0.2) is 24.5 Å². The second kappa shape index (κ2) is 6.62. The molecule has 0 atom stereocenters. The minimum absolute atomic E-state index is 0.148. The van der Waals surface area contributed by atoms with E-state index in [0.717, 1.165) is 12.1 Å². The molecule has 2 aromatic heterocycles. The average molecular weight is 275 g/mol. The predicted molar refractivity (Wildman–Crippen MR) is 73.8 cm³/mol. The van der Waals surface area contributed by atoms with E-state index >= 15 is 0 Å². The van der Waals surface area contributed by atoms with Crippen molar-refractivity contribution in [2.45, 2.75) is 19.9 Å². The number of aromatic nitrogens is 4. The Bertz CT molecular complexity index is 567. The van der Waals surface area contributed by atoms with E-state index in [0.29, 0.717) is 24.5 Å². The van der Waals surface area contributed by atoms with Crippen molar-refractivity contribution in [2.24, 2.45) is 5.84 Å². The first-order valence-corrected chi connectivity index (χ1v) is 6.26. The SMILES string of the molecule is Cc1cc(C(=O)NCCCn2ccnn2)cc(NN)n1. The van der Waals surface area contributed by atoms with Gasteiger partial charge in [0.15, 0.2) is 0 Å². The third-order valence-electron chi connectivity index (χ3n) is 2.68. The van der Waals surface area contributed by atoms with Gasteiger partial charge in [-0.3, -0.25) is 9.48 Å². The Hall–Kier alpha value is -2.48. The Morgan fingerprint density at radius 3 is 3.00 bits per heavy atom. The van der Waals surface area contributed by atoms with Crippen LogP contribution in [-0.2, 0) is 6.54 Å². The maximum Gasteiger partial charge on any atom is 0.251 e. The fourth-order valence-electron chi connectivity index (χ4n) is 1.77. The summed E-state index contributed by atoms with van der Waals surface area (Å²) in [5.74, 6) is 5.63. The maximum absolute atomic E-state index is 12.0. The van der Waals surface area contributed by atoms with Gasteiger partial charge < -0.3 is 10.7 Å². The lowest BCUT2D eigenvalue weighted by Crippen LogP contribution is -2.26. The van der Waals surface area contributed by atoms with Gasteiger partial charge in [0.2, 0.25) is 0 Å². The standard InChI is InChI=1S/C12H17N7O/c1-9-7-10(8-11(16-9)17-13)12(20)14-3-2-5-19-6-4-15-18-19/h4,6-8H,2-3,5,13H2,1H3,(H,14,20)(H,16,17). The molecule has 0 bridgehead atoms. The van der Waals surface area contributed by atoms with Gasteiger partial charge in [-0.2, -0.15) is 0 Å². The Labute approximate surface area is 116 Å². The van der Waals surface area contributed by atoms with Crippen LogP contribution in [0.3, 0.4) is 0 Å². The zero-order chi connectivity index (χ0) is 14.4. The first kappa shape index (κ1) is 13.9. The van der Waals surface area contributed by atoms with Gasteiger partial charge >= 0.3 is 0 Å². The maximum atomic E-state index is 12.0. The summed E-state index contributed by atoms with van der Waals surface area (Å²) in [4.78, 5) is 16.1. The third-order valence-corrected chi connectivity index (χ3v) is 2.68. The molecule has 8 nitrogen and oxygen atoms in total. The lowest BCUT2D eigenvalue weighted by Gasteiger charge is -2.07. The minimum Gasteiger partial charge on any atom is -0.352 e. The Morgan fingerprint density at radius 1 is 1.45 bits per heavy atom. The Balaban J connectivity index is 1.83. The molecule has 0 fully saturated rings. The van der Waals surface area contributed by atoms with Crippen molar-refractivity contribution in [3.05, 3.63) is 35.8 Å². The zero-order valence-electron chi connectivity index (χ0n) is 11.2. The molecule has 2 heterocycles. The number of carbonyl (C=O) groups excluding carboxylic acids is 1. The molecule has 0 aromatic carbocycles. The fourth-order valence-corrected chi connectivity index (χ4v) is 1.77. The highest BCUT2D eigenvalue weighted by atomic mass is 16.1. The highest BCUT2D eigenvalue weighted by Crippen LogP contribution is 2.08. The molecule has 0 aliphatic rings. The normalized spacial score (nSPS) is 10.3. The van der Waals surface area contributed by atoms with Crippen molar-refractivity contribution in [3.63, 3.8) is 0 Å². The van der Waals surface area contributed by atoms with Crippen LogP contribution in [0.25, 0.3) is 0 Å². The van der Waals surface area contributed by atoms with Crippen molar-refractivity contribution in [1.29, 1.82) is 0 Å². The van der Waals surface area contributed by atoms with E-state index in [1.54, 1.807) is 29.2 Å². The number of nitrogen functional groups attached to an aromatic ring is 1. The van der Waals surface area contributed by atoms with Crippen LogP contribution in [-0.4, -0.2) is 32.4 Å². The second-order valence-corrected chi connectivity index (χ2v) is 4.30. The molecule has 106 valence electrons. The quantitative estimate of drug-likeness (QED) is 0.391. The van der Waals surface area contributed by atoms with Crippen LogP contribution in [0, 0.1) is 6.92 Å². The molecule has 4 N–H and O–H groups in total. The molecule has 0 spiro atoms. The zero-order valence-corrected chi connectivity index (χ0v) is 11.2. The van der Waals surface area contributed by atoms with Crippen molar-refractivity contribution in [2.75, 3.05) is 12.0 Å². The average Bonchev–Trinajstić information content (AvgIpc) is 2.95. The molecule has 0 aliphatic heterocycles. The van der Waals surface area contributed by atoms with Gasteiger partial charge in [-0.15, -0.1) is 5.10 Å². The largest absolute Gasteiger partial charge is 0.352 e. The molecule has 2 aromatic rings. The van der Waals surface area contributed by atoms with E-state index in [9.17, 15) is 4.79 Å². The van der Waals surface area contributed by atoms with Crippen LogP contribution in [0.5, 0.6) is 0 Å². The van der Waals surface area contributed by atoms with Crippen molar-refractivity contribution in [3.8, 4) is 0 Å². The van der Waals surface area contributed by atoms with Crippen molar-refractivity contribution < 1.29 is 4.79 Å². The van der Waals surface area contributed by atoms with Gasteiger partial charge in [0.25, 0.3) is 5.91 Å². The summed E-state index contributed by atoms with van der Waals surface area (Å²) < 4.78 is 1.72.